The van der Waals surface area contributed by atoms with E-state index in [4.69, 9.17) is 23.2 Å². The Morgan fingerprint density at radius 2 is 1.91 bits per heavy atom. The summed E-state index contributed by atoms with van der Waals surface area (Å²) in [4.78, 5) is 11.3. The minimum atomic E-state index is -0.616. The maximum absolute atomic E-state index is 11.3. The zero-order valence-electron chi connectivity index (χ0n) is 6.73. The molecule has 11 heavy (non-hydrogen) atoms. The van der Waals surface area contributed by atoms with Crippen LogP contribution in [0.5, 0.6) is 0 Å². The molecule has 0 N–H and O–H groups in total. The summed E-state index contributed by atoms with van der Waals surface area (Å²) in [7, 11) is 0. The summed E-state index contributed by atoms with van der Waals surface area (Å²) in [5, 5.41) is 0. The quantitative estimate of drug-likeness (QED) is 0.619. The molecule has 0 unspecified atom stereocenters. The average Bonchev–Trinajstić information content (AvgIpc) is 1.80. The van der Waals surface area contributed by atoms with Gasteiger partial charge >= 0.3 is 0 Å². The molecule has 0 radical (unpaired) electrons. The largest absolute Gasteiger partial charge is 0.299 e. The lowest BCUT2D eigenvalue weighted by atomic mass is 9.78. The molecule has 0 aromatic heterocycles. The fourth-order valence-electron chi connectivity index (χ4n) is 1.33. The molecule has 0 atom stereocenters. The molecule has 3 heteroatoms. The first-order valence-corrected chi connectivity index (χ1v) is 4.59. The van der Waals surface area contributed by atoms with Gasteiger partial charge in [0.15, 0.2) is 0 Å². The van der Waals surface area contributed by atoms with Crippen LogP contribution < -0.4 is 0 Å². The molecule has 0 aromatic rings. The van der Waals surface area contributed by atoms with Gasteiger partial charge in [-0.2, -0.15) is 0 Å². The van der Waals surface area contributed by atoms with Crippen molar-refractivity contribution in [3.8, 4) is 0 Å². The Morgan fingerprint density at radius 1 is 1.45 bits per heavy atom. The van der Waals surface area contributed by atoms with Crippen molar-refractivity contribution in [2.24, 2.45) is 11.8 Å². The molecular formula is C8H12Cl2O. The summed E-state index contributed by atoms with van der Waals surface area (Å²) >= 11 is 11.5. The number of carbonyl (C=O) groups excluding carboxylic acids is 1. The van der Waals surface area contributed by atoms with Gasteiger partial charge in [0.1, 0.15) is 10.1 Å². The molecular weight excluding hydrogens is 183 g/mol. The number of hydrogen-bond acceptors (Lipinski definition) is 1. The van der Waals surface area contributed by atoms with E-state index in [0.717, 1.165) is 0 Å². The van der Waals surface area contributed by atoms with Crippen molar-refractivity contribution in [2.45, 2.75) is 31.0 Å². The first-order valence-electron chi connectivity index (χ1n) is 3.84. The number of alkyl halides is 2. The van der Waals surface area contributed by atoms with Gasteiger partial charge in [-0.25, -0.2) is 0 Å². The molecule has 1 saturated carbocycles. The van der Waals surface area contributed by atoms with E-state index in [2.05, 4.69) is 0 Å². The maximum Gasteiger partial charge on any atom is 0.138 e. The molecule has 0 saturated heterocycles. The second kappa shape index (κ2) is 2.95. The third-order valence-corrected chi connectivity index (χ3v) is 2.68. The second-order valence-corrected chi connectivity index (χ2v) is 5.16. The van der Waals surface area contributed by atoms with Gasteiger partial charge in [0.25, 0.3) is 0 Å². The van der Waals surface area contributed by atoms with Crippen LogP contribution in [0.3, 0.4) is 0 Å². The van der Waals surface area contributed by atoms with Gasteiger partial charge in [0.05, 0.1) is 0 Å². The van der Waals surface area contributed by atoms with Gasteiger partial charge in [-0.1, -0.05) is 13.8 Å². The summed E-state index contributed by atoms with van der Waals surface area (Å²) in [6.45, 7) is 3.82. The van der Waals surface area contributed by atoms with E-state index in [0.29, 0.717) is 18.6 Å². The fraction of sp³-hybridized carbons (Fsp3) is 0.875. The summed E-state index contributed by atoms with van der Waals surface area (Å²) in [6, 6.07) is 0. The van der Waals surface area contributed by atoms with E-state index in [1.54, 1.807) is 0 Å². The molecule has 1 nitrogen and oxygen atoms in total. The highest BCUT2D eigenvalue weighted by Gasteiger charge is 2.44. The molecule has 1 rings (SSSR count). The van der Waals surface area contributed by atoms with Crippen molar-refractivity contribution in [2.75, 3.05) is 0 Å². The average molecular weight is 195 g/mol. The van der Waals surface area contributed by atoms with Crippen LogP contribution in [0.15, 0.2) is 0 Å². The predicted octanol–water partition coefficient (Wildman–Crippen LogP) is 2.80. The van der Waals surface area contributed by atoms with Gasteiger partial charge in [-0.05, 0) is 12.8 Å². The van der Waals surface area contributed by atoms with Gasteiger partial charge < -0.3 is 0 Å². The monoisotopic (exact) mass is 194 g/mol. The minimum Gasteiger partial charge on any atom is -0.299 e. The number of halogens is 2. The summed E-state index contributed by atoms with van der Waals surface area (Å²) < 4.78 is -0.616. The number of hydrogen-bond donors (Lipinski definition) is 0. The van der Waals surface area contributed by atoms with Gasteiger partial charge in [0.2, 0.25) is 0 Å². The van der Waals surface area contributed by atoms with Crippen molar-refractivity contribution in [3.63, 3.8) is 0 Å². The molecule has 0 bridgehead atoms. The molecule has 64 valence electrons. The third kappa shape index (κ3) is 2.09. The Bertz CT molecular complexity index is 167. The fourth-order valence-corrected chi connectivity index (χ4v) is 2.08. The molecule has 0 amide bonds. The van der Waals surface area contributed by atoms with Crippen molar-refractivity contribution in [1.82, 2.24) is 0 Å². The zero-order valence-corrected chi connectivity index (χ0v) is 8.24. The Labute approximate surface area is 77.1 Å². The van der Waals surface area contributed by atoms with Crippen LogP contribution in [0, 0.1) is 11.8 Å². The first kappa shape index (κ1) is 9.34. The van der Waals surface area contributed by atoms with Crippen LogP contribution in [-0.2, 0) is 4.79 Å². The minimum absolute atomic E-state index is 0.115. The van der Waals surface area contributed by atoms with E-state index in [1.165, 1.54) is 0 Å². The van der Waals surface area contributed by atoms with E-state index < -0.39 is 4.33 Å². The van der Waals surface area contributed by atoms with Crippen molar-refractivity contribution in [3.05, 3.63) is 0 Å². The van der Waals surface area contributed by atoms with Crippen LogP contribution in [0.25, 0.3) is 0 Å². The first-order chi connectivity index (χ1) is 4.92. The van der Waals surface area contributed by atoms with Crippen molar-refractivity contribution in [1.29, 1.82) is 0 Å². The normalized spacial score (nSPS) is 23.4. The Kier molecular flexibility index (Phi) is 2.50. The third-order valence-electron chi connectivity index (χ3n) is 2.06. The van der Waals surface area contributed by atoms with E-state index in [1.807, 2.05) is 13.8 Å². The highest BCUT2D eigenvalue weighted by atomic mass is 35.5. The highest BCUT2D eigenvalue weighted by molar-refractivity contribution is 6.49. The van der Waals surface area contributed by atoms with Crippen LogP contribution in [0.2, 0.25) is 0 Å². The Hall–Kier alpha value is 0.250. The zero-order chi connectivity index (χ0) is 8.65. The predicted molar refractivity (Wildman–Crippen MR) is 47.0 cm³/mol. The topological polar surface area (TPSA) is 17.1 Å². The molecule has 1 fully saturated rings. The van der Waals surface area contributed by atoms with Crippen molar-refractivity contribution >= 4 is 29.0 Å². The molecule has 0 aliphatic heterocycles. The molecule has 0 spiro atoms. The Balaban J connectivity index is 2.38. The number of carbonyl (C=O) groups is 1. The van der Waals surface area contributed by atoms with Crippen LogP contribution in [0.4, 0.5) is 0 Å². The van der Waals surface area contributed by atoms with Gasteiger partial charge in [-0.3, -0.25) is 4.79 Å². The SMILES string of the molecule is CC(C)C(=O)C1CC(Cl)(Cl)C1. The summed E-state index contributed by atoms with van der Waals surface area (Å²) in [6.07, 6.45) is 1.26. The number of rotatable bonds is 2. The van der Waals surface area contributed by atoms with E-state index in [9.17, 15) is 4.79 Å². The standard InChI is InChI=1S/C8H12Cl2O/c1-5(2)7(11)6-3-8(9,10)4-6/h5-6H,3-4H2,1-2H3. The Morgan fingerprint density at radius 3 is 2.18 bits per heavy atom. The lowest BCUT2D eigenvalue weighted by Gasteiger charge is -2.37. The van der Waals surface area contributed by atoms with Crippen LogP contribution in [0.1, 0.15) is 26.7 Å². The summed E-state index contributed by atoms with van der Waals surface area (Å²) in [5.74, 6) is 0.524. The number of Topliss-reactive ketones (excluding diaryl/α,β-unsaturated/α-hetero) is 1. The number of ketones is 1. The van der Waals surface area contributed by atoms with Gasteiger partial charge in [-0.15, -0.1) is 23.2 Å². The van der Waals surface area contributed by atoms with Crippen LogP contribution >= 0.6 is 23.2 Å². The molecule has 1 aliphatic carbocycles. The smallest absolute Gasteiger partial charge is 0.138 e. The van der Waals surface area contributed by atoms with E-state index in [-0.39, 0.29) is 11.8 Å². The van der Waals surface area contributed by atoms with Gasteiger partial charge in [0, 0.05) is 11.8 Å². The maximum atomic E-state index is 11.3. The molecule has 0 heterocycles. The lowest BCUT2D eigenvalue weighted by molar-refractivity contribution is -0.128. The highest BCUT2D eigenvalue weighted by Crippen LogP contribution is 2.47. The van der Waals surface area contributed by atoms with Crippen molar-refractivity contribution < 1.29 is 4.79 Å². The summed E-state index contributed by atoms with van der Waals surface area (Å²) in [5.41, 5.74) is 0. The lowest BCUT2D eigenvalue weighted by Crippen LogP contribution is -2.39. The van der Waals surface area contributed by atoms with E-state index >= 15 is 0 Å². The second-order valence-electron chi connectivity index (χ2n) is 3.52. The molecule has 0 aromatic carbocycles. The van der Waals surface area contributed by atoms with Crippen LogP contribution in [-0.4, -0.2) is 10.1 Å². The molecule has 1 aliphatic rings.